The molecule has 0 radical (unpaired) electrons. The van der Waals surface area contributed by atoms with E-state index in [1.807, 2.05) is 0 Å². The summed E-state index contributed by atoms with van der Waals surface area (Å²) < 4.78 is 18.6. The predicted octanol–water partition coefficient (Wildman–Crippen LogP) is 2.98. The molecule has 0 aliphatic rings. The summed E-state index contributed by atoms with van der Waals surface area (Å²) in [5.74, 6) is -0.475. The van der Waals surface area contributed by atoms with Crippen LogP contribution in [0.3, 0.4) is 0 Å². The highest BCUT2D eigenvalue weighted by molar-refractivity contribution is 6.07. The number of rotatable bonds is 3. The Bertz CT molecular complexity index is 656. The van der Waals surface area contributed by atoms with E-state index in [0.717, 1.165) is 0 Å². The molecule has 0 fully saturated rings. The molecule has 20 heavy (non-hydrogen) atoms. The van der Waals surface area contributed by atoms with Crippen LogP contribution in [-0.4, -0.2) is 13.0 Å². The van der Waals surface area contributed by atoms with Gasteiger partial charge in [-0.3, -0.25) is 4.79 Å². The van der Waals surface area contributed by atoms with E-state index in [0.29, 0.717) is 28.3 Å². The summed E-state index contributed by atoms with van der Waals surface area (Å²) in [6.07, 6.45) is 0. The molecule has 0 saturated carbocycles. The summed E-state index contributed by atoms with van der Waals surface area (Å²) in [6.45, 7) is 1.65. The van der Waals surface area contributed by atoms with Crippen molar-refractivity contribution in [2.24, 2.45) is 0 Å². The molecule has 104 valence electrons. The molecule has 4 nitrogen and oxygen atoms in total. The van der Waals surface area contributed by atoms with E-state index >= 15 is 0 Å². The summed E-state index contributed by atoms with van der Waals surface area (Å²) in [7, 11) is 1.44. The maximum absolute atomic E-state index is 13.4. The van der Waals surface area contributed by atoms with Crippen molar-refractivity contribution in [1.29, 1.82) is 0 Å². The van der Waals surface area contributed by atoms with Crippen molar-refractivity contribution < 1.29 is 13.9 Å². The maximum atomic E-state index is 13.4. The molecule has 0 aromatic heterocycles. The summed E-state index contributed by atoms with van der Waals surface area (Å²) in [5.41, 5.74) is 7.31. The molecule has 1 amide bonds. The third-order valence-corrected chi connectivity index (χ3v) is 2.92. The zero-order chi connectivity index (χ0) is 14.7. The molecule has 2 aromatic carbocycles. The first-order valence-electron chi connectivity index (χ1n) is 6.03. The Kier molecular flexibility index (Phi) is 3.89. The minimum Gasteiger partial charge on any atom is -0.494 e. The van der Waals surface area contributed by atoms with E-state index in [1.54, 1.807) is 37.3 Å². The van der Waals surface area contributed by atoms with Crippen LogP contribution in [0.25, 0.3) is 0 Å². The van der Waals surface area contributed by atoms with Gasteiger partial charge in [-0.1, -0.05) is 12.1 Å². The predicted molar refractivity (Wildman–Crippen MR) is 76.5 cm³/mol. The number of aryl methyl sites for hydroxylation is 1. The van der Waals surface area contributed by atoms with Gasteiger partial charge in [0.05, 0.1) is 18.4 Å². The van der Waals surface area contributed by atoms with Gasteiger partial charge in [-0.25, -0.2) is 4.39 Å². The van der Waals surface area contributed by atoms with Crippen LogP contribution in [-0.2, 0) is 0 Å². The van der Waals surface area contributed by atoms with Crippen LogP contribution in [0.5, 0.6) is 5.75 Å². The molecule has 0 aliphatic heterocycles. The van der Waals surface area contributed by atoms with E-state index in [-0.39, 0.29) is 5.82 Å². The van der Waals surface area contributed by atoms with E-state index in [1.165, 1.54) is 13.2 Å². The molecule has 3 N–H and O–H groups in total. The standard InChI is InChI=1S/C15H15FN2O2/c1-9-6-7-10(8-12(9)16)18-15(19)11-4-3-5-13(17)14(11)20-2/h3-8H,17H2,1-2H3,(H,18,19). The minimum atomic E-state index is -0.405. The van der Waals surface area contributed by atoms with Gasteiger partial charge < -0.3 is 15.8 Å². The first kappa shape index (κ1) is 13.9. The molecule has 0 aliphatic carbocycles. The Balaban J connectivity index is 2.28. The molecular weight excluding hydrogens is 259 g/mol. The Morgan fingerprint density at radius 1 is 1.30 bits per heavy atom. The fourth-order valence-electron chi connectivity index (χ4n) is 1.83. The number of carbonyl (C=O) groups is 1. The van der Waals surface area contributed by atoms with Crippen molar-refractivity contribution in [3.63, 3.8) is 0 Å². The SMILES string of the molecule is COc1c(N)cccc1C(=O)Nc1ccc(C)c(F)c1. The normalized spacial score (nSPS) is 10.2. The Morgan fingerprint density at radius 2 is 2.05 bits per heavy atom. The zero-order valence-corrected chi connectivity index (χ0v) is 11.2. The smallest absolute Gasteiger partial charge is 0.259 e. The number of halogens is 1. The van der Waals surface area contributed by atoms with Crippen LogP contribution in [0.15, 0.2) is 36.4 Å². The maximum Gasteiger partial charge on any atom is 0.259 e. The molecule has 0 heterocycles. The quantitative estimate of drug-likeness (QED) is 0.846. The monoisotopic (exact) mass is 274 g/mol. The molecule has 0 atom stereocenters. The highest BCUT2D eigenvalue weighted by atomic mass is 19.1. The second kappa shape index (κ2) is 5.61. The highest BCUT2D eigenvalue weighted by Crippen LogP contribution is 2.26. The number of anilines is 2. The molecular formula is C15H15FN2O2. The Labute approximate surface area is 116 Å². The van der Waals surface area contributed by atoms with Crippen LogP contribution in [0.1, 0.15) is 15.9 Å². The first-order valence-corrected chi connectivity index (χ1v) is 6.03. The van der Waals surface area contributed by atoms with Gasteiger partial charge in [-0.05, 0) is 36.8 Å². The van der Waals surface area contributed by atoms with Crippen molar-refractivity contribution in [1.82, 2.24) is 0 Å². The van der Waals surface area contributed by atoms with Gasteiger partial charge in [0.25, 0.3) is 5.91 Å². The number of para-hydroxylation sites is 1. The van der Waals surface area contributed by atoms with E-state index < -0.39 is 5.91 Å². The minimum absolute atomic E-state index is 0.300. The topological polar surface area (TPSA) is 64.3 Å². The molecule has 0 bridgehead atoms. The van der Waals surface area contributed by atoms with Gasteiger partial charge in [0.15, 0.2) is 5.75 Å². The molecule has 0 saturated heterocycles. The number of nitrogen functional groups attached to an aromatic ring is 1. The Hall–Kier alpha value is -2.56. The third-order valence-electron chi connectivity index (χ3n) is 2.92. The molecule has 2 rings (SSSR count). The highest BCUT2D eigenvalue weighted by Gasteiger charge is 2.14. The number of benzene rings is 2. The molecule has 0 spiro atoms. The van der Waals surface area contributed by atoms with Gasteiger partial charge in [0, 0.05) is 5.69 Å². The van der Waals surface area contributed by atoms with Crippen LogP contribution in [0, 0.1) is 12.7 Å². The number of amides is 1. The number of methoxy groups -OCH3 is 1. The number of ether oxygens (including phenoxy) is 1. The third kappa shape index (κ3) is 2.71. The van der Waals surface area contributed by atoms with Crippen molar-refractivity contribution >= 4 is 17.3 Å². The fraction of sp³-hybridized carbons (Fsp3) is 0.133. The van der Waals surface area contributed by atoms with Crippen LogP contribution in [0.2, 0.25) is 0 Å². The lowest BCUT2D eigenvalue weighted by Gasteiger charge is -2.11. The van der Waals surface area contributed by atoms with Gasteiger partial charge in [-0.2, -0.15) is 0 Å². The number of hydrogen-bond acceptors (Lipinski definition) is 3. The first-order chi connectivity index (χ1) is 9.52. The summed E-state index contributed by atoms with van der Waals surface area (Å²) >= 11 is 0. The van der Waals surface area contributed by atoms with Crippen molar-refractivity contribution in [2.75, 3.05) is 18.2 Å². The lowest BCUT2D eigenvalue weighted by molar-refractivity contribution is 0.102. The second-order valence-corrected chi connectivity index (χ2v) is 4.35. The molecule has 0 unspecified atom stereocenters. The van der Waals surface area contributed by atoms with E-state index in [9.17, 15) is 9.18 Å². The van der Waals surface area contributed by atoms with Gasteiger partial charge in [-0.15, -0.1) is 0 Å². The van der Waals surface area contributed by atoms with Crippen LogP contribution < -0.4 is 15.8 Å². The largest absolute Gasteiger partial charge is 0.494 e. The van der Waals surface area contributed by atoms with E-state index in [4.69, 9.17) is 10.5 Å². The average molecular weight is 274 g/mol. The van der Waals surface area contributed by atoms with E-state index in [2.05, 4.69) is 5.32 Å². The number of nitrogens with one attached hydrogen (secondary N) is 1. The molecule has 5 heteroatoms. The zero-order valence-electron chi connectivity index (χ0n) is 11.2. The number of carbonyl (C=O) groups excluding carboxylic acids is 1. The summed E-state index contributed by atoms with van der Waals surface area (Å²) in [4.78, 5) is 12.2. The lowest BCUT2D eigenvalue weighted by atomic mass is 10.1. The fourth-order valence-corrected chi connectivity index (χ4v) is 1.83. The number of nitrogens with two attached hydrogens (primary N) is 1. The number of hydrogen-bond donors (Lipinski definition) is 2. The van der Waals surface area contributed by atoms with Gasteiger partial charge in [0.1, 0.15) is 5.82 Å². The van der Waals surface area contributed by atoms with Crippen molar-refractivity contribution in [3.05, 3.63) is 53.3 Å². The van der Waals surface area contributed by atoms with Gasteiger partial charge >= 0.3 is 0 Å². The van der Waals surface area contributed by atoms with Crippen LogP contribution in [0.4, 0.5) is 15.8 Å². The summed E-state index contributed by atoms with van der Waals surface area (Å²) in [5, 5.41) is 2.61. The lowest BCUT2D eigenvalue weighted by Crippen LogP contribution is -2.14. The average Bonchev–Trinajstić information content (AvgIpc) is 2.42. The van der Waals surface area contributed by atoms with Crippen molar-refractivity contribution in [3.8, 4) is 5.75 Å². The van der Waals surface area contributed by atoms with Crippen LogP contribution >= 0.6 is 0 Å². The van der Waals surface area contributed by atoms with Gasteiger partial charge in [0.2, 0.25) is 0 Å². The molecule has 2 aromatic rings. The van der Waals surface area contributed by atoms with Crippen molar-refractivity contribution in [2.45, 2.75) is 6.92 Å². The summed E-state index contributed by atoms with van der Waals surface area (Å²) in [6, 6.07) is 9.39. The Morgan fingerprint density at radius 3 is 2.70 bits per heavy atom. The second-order valence-electron chi connectivity index (χ2n) is 4.35.